The van der Waals surface area contributed by atoms with Crippen molar-refractivity contribution in [1.29, 1.82) is 5.26 Å². The van der Waals surface area contributed by atoms with Gasteiger partial charge in [-0.05, 0) is 23.8 Å². The van der Waals surface area contributed by atoms with E-state index in [9.17, 15) is 5.26 Å². The van der Waals surface area contributed by atoms with Gasteiger partial charge in [-0.3, -0.25) is 0 Å². The number of benzene rings is 2. The topological polar surface area (TPSA) is 33.0 Å². The average Bonchev–Trinajstić information content (AvgIpc) is 2.45. The summed E-state index contributed by atoms with van der Waals surface area (Å²) in [6.45, 7) is 0.494. The van der Waals surface area contributed by atoms with Gasteiger partial charge in [-0.1, -0.05) is 48.0 Å². The van der Waals surface area contributed by atoms with Crippen molar-refractivity contribution in [2.24, 2.45) is 0 Å². The zero-order valence-electron chi connectivity index (χ0n) is 10.4. The summed E-state index contributed by atoms with van der Waals surface area (Å²) in [7, 11) is 0. The second-order valence-electron chi connectivity index (χ2n) is 4.19. The molecule has 0 N–H and O–H groups in total. The first-order valence-corrected chi connectivity index (χ1v) is 6.50. The van der Waals surface area contributed by atoms with Crippen molar-refractivity contribution in [3.63, 3.8) is 0 Å². The Balaban J connectivity index is 1.90. The smallest absolute Gasteiger partial charge is 0.120 e. The van der Waals surface area contributed by atoms with E-state index in [1.165, 1.54) is 0 Å². The molecule has 2 aromatic carbocycles. The lowest BCUT2D eigenvalue weighted by Gasteiger charge is -2.10. The predicted molar refractivity (Wildman–Crippen MR) is 76.4 cm³/mol. The van der Waals surface area contributed by atoms with Crippen molar-refractivity contribution in [1.82, 2.24) is 0 Å². The van der Waals surface area contributed by atoms with Gasteiger partial charge < -0.3 is 4.74 Å². The summed E-state index contributed by atoms with van der Waals surface area (Å²) in [6.07, 6.45) is 0.660. The fourth-order valence-electron chi connectivity index (χ4n) is 1.84. The van der Waals surface area contributed by atoms with Crippen molar-refractivity contribution in [3.8, 4) is 11.8 Å². The molecule has 0 radical (unpaired) electrons. The minimum absolute atomic E-state index is 0.139. The van der Waals surface area contributed by atoms with Gasteiger partial charge in [0.25, 0.3) is 0 Å². The van der Waals surface area contributed by atoms with E-state index in [0.717, 1.165) is 11.3 Å². The van der Waals surface area contributed by atoms with Crippen molar-refractivity contribution in [3.05, 3.63) is 65.2 Å². The number of ether oxygens (including phenoxy) is 1. The quantitative estimate of drug-likeness (QED) is 0.807. The average molecular weight is 272 g/mol. The molecule has 1 unspecified atom stereocenters. The van der Waals surface area contributed by atoms with E-state index in [0.29, 0.717) is 18.1 Å². The van der Waals surface area contributed by atoms with Crippen LogP contribution in [0.25, 0.3) is 0 Å². The number of hydrogen-bond acceptors (Lipinski definition) is 2. The standard InChI is InChI=1S/C16H14ClNO/c17-15-7-4-8-16(11-15)19-10-9-14(12-18)13-5-2-1-3-6-13/h1-8,11,14H,9-10H2. The molecule has 0 aliphatic heterocycles. The number of nitrogens with zero attached hydrogens (tertiary/aromatic N) is 1. The number of halogens is 1. The minimum atomic E-state index is -0.139. The van der Waals surface area contributed by atoms with Gasteiger partial charge in [0.15, 0.2) is 0 Å². The van der Waals surface area contributed by atoms with Crippen LogP contribution in [0, 0.1) is 11.3 Å². The van der Waals surface area contributed by atoms with Gasteiger partial charge in [0.1, 0.15) is 5.75 Å². The largest absolute Gasteiger partial charge is 0.493 e. The lowest BCUT2D eigenvalue weighted by molar-refractivity contribution is 0.306. The molecule has 0 bridgehead atoms. The van der Waals surface area contributed by atoms with Crippen LogP contribution in [0.3, 0.4) is 0 Å². The molecule has 96 valence electrons. The van der Waals surface area contributed by atoms with Crippen LogP contribution in [0.5, 0.6) is 5.75 Å². The number of nitriles is 1. The van der Waals surface area contributed by atoms with Crippen LogP contribution < -0.4 is 4.74 Å². The molecule has 0 heterocycles. The fourth-order valence-corrected chi connectivity index (χ4v) is 2.02. The van der Waals surface area contributed by atoms with E-state index in [1.807, 2.05) is 42.5 Å². The van der Waals surface area contributed by atoms with Gasteiger partial charge in [-0.2, -0.15) is 5.26 Å². The number of rotatable bonds is 5. The van der Waals surface area contributed by atoms with Gasteiger partial charge in [0, 0.05) is 11.4 Å². The molecule has 3 heteroatoms. The van der Waals surface area contributed by atoms with Crippen LogP contribution in [-0.4, -0.2) is 6.61 Å². The van der Waals surface area contributed by atoms with Crippen molar-refractivity contribution in [2.45, 2.75) is 12.3 Å². The zero-order valence-corrected chi connectivity index (χ0v) is 11.2. The highest BCUT2D eigenvalue weighted by Crippen LogP contribution is 2.21. The lowest BCUT2D eigenvalue weighted by Crippen LogP contribution is -2.04. The van der Waals surface area contributed by atoms with Crippen molar-refractivity contribution in [2.75, 3.05) is 6.61 Å². The van der Waals surface area contributed by atoms with E-state index in [1.54, 1.807) is 12.1 Å². The van der Waals surface area contributed by atoms with Crippen molar-refractivity contribution < 1.29 is 4.74 Å². The molecule has 0 fully saturated rings. The molecular weight excluding hydrogens is 258 g/mol. The third-order valence-corrected chi connectivity index (χ3v) is 3.06. The normalized spacial score (nSPS) is 11.6. The van der Waals surface area contributed by atoms with E-state index in [4.69, 9.17) is 16.3 Å². The Morgan fingerprint density at radius 2 is 1.89 bits per heavy atom. The highest BCUT2D eigenvalue weighted by molar-refractivity contribution is 6.30. The van der Waals surface area contributed by atoms with Gasteiger partial charge >= 0.3 is 0 Å². The maximum atomic E-state index is 9.19. The van der Waals surface area contributed by atoms with E-state index in [2.05, 4.69) is 6.07 Å². The Hall–Kier alpha value is -1.98. The molecule has 0 spiro atoms. The Labute approximate surface area is 118 Å². The first-order chi connectivity index (χ1) is 9.29. The highest BCUT2D eigenvalue weighted by atomic mass is 35.5. The summed E-state index contributed by atoms with van der Waals surface area (Å²) in [5.41, 5.74) is 1.03. The molecule has 0 aliphatic carbocycles. The summed E-state index contributed by atoms with van der Waals surface area (Å²) < 4.78 is 5.61. The summed E-state index contributed by atoms with van der Waals surface area (Å²) >= 11 is 5.88. The molecular formula is C16H14ClNO. The molecule has 2 nitrogen and oxygen atoms in total. The molecule has 2 aromatic rings. The first kappa shape index (κ1) is 13.5. The lowest BCUT2D eigenvalue weighted by atomic mass is 9.98. The van der Waals surface area contributed by atoms with Gasteiger partial charge in [0.05, 0.1) is 18.6 Å². The van der Waals surface area contributed by atoms with Gasteiger partial charge in [-0.15, -0.1) is 0 Å². The summed E-state index contributed by atoms with van der Waals surface area (Å²) in [5, 5.41) is 9.84. The van der Waals surface area contributed by atoms with Crippen LogP contribution in [0.1, 0.15) is 17.9 Å². The summed E-state index contributed by atoms with van der Waals surface area (Å²) in [5.74, 6) is 0.595. The maximum absolute atomic E-state index is 9.19. The monoisotopic (exact) mass is 271 g/mol. The molecule has 2 rings (SSSR count). The predicted octanol–water partition coefficient (Wildman–Crippen LogP) is 4.42. The summed E-state index contributed by atoms with van der Waals surface area (Å²) in [6, 6.07) is 19.3. The SMILES string of the molecule is N#CC(CCOc1cccc(Cl)c1)c1ccccc1. The molecule has 0 saturated heterocycles. The van der Waals surface area contributed by atoms with Crippen LogP contribution in [0.4, 0.5) is 0 Å². The van der Waals surface area contributed by atoms with Crippen LogP contribution in [0.2, 0.25) is 5.02 Å². The minimum Gasteiger partial charge on any atom is -0.493 e. The molecule has 0 aromatic heterocycles. The summed E-state index contributed by atoms with van der Waals surface area (Å²) in [4.78, 5) is 0. The second kappa shape index (κ2) is 6.82. The molecule has 0 saturated carbocycles. The fraction of sp³-hybridized carbons (Fsp3) is 0.188. The maximum Gasteiger partial charge on any atom is 0.120 e. The van der Waals surface area contributed by atoms with Crippen LogP contribution >= 0.6 is 11.6 Å². The Morgan fingerprint density at radius 1 is 1.11 bits per heavy atom. The molecule has 0 aliphatic rings. The third kappa shape index (κ3) is 4.01. The number of hydrogen-bond donors (Lipinski definition) is 0. The van der Waals surface area contributed by atoms with E-state index in [-0.39, 0.29) is 5.92 Å². The molecule has 0 amide bonds. The molecule has 1 atom stereocenters. The Kier molecular flexibility index (Phi) is 4.83. The first-order valence-electron chi connectivity index (χ1n) is 6.12. The highest BCUT2D eigenvalue weighted by Gasteiger charge is 2.10. The zero-order chi connectivity index (χ0) is 13.5. The van der Waals surface area contributed by atoms with Crippen LogP contribution in [-0.2, 0) is 0 Å². The second-order valence-corrected chi connectivity index (χ2v) is 4.62. The van der Waals surface area contributed by atoms with E-state index >= 15 is 0 Å². The van der Waals surface area contributed by atoms with Crippen molar-refractivity contribution >= 4 is 11.6 Å². The van der Waals surface area contributed by atoms with Crippen LogP contribution in [0.15, 0.2) is 54.6 Å². The van der Waals surface area contributed by atoms with Gasteiger partial charge in [-0.25, -0.2) is 0 Å². The Morgan fingerprint density at radius 3 is 2.58 bits per heavy atom. The van der Waals surface area contributed by atoms with E-state index < -0.39 is 0 Å². The Bertz CT molecular complexity index is 562. The molecule has 19 heavy (non-hydrogen) atoms. The third-order valence-electron chi connectivity index (χ3n) is 2.83. The van der Waals surface area contributed by atoms with Gasteiger partial charge in [0.2, 0.25) is 0 Å².